The number of hydrogen-bond acceptors (Lipinski definition) is 11. The predicted molar refractivity (Wildman–Crippen MR) is 144 cm³/mol. The zero-order chi connectivity index (χ0) is 32.1. The predicted octanol–water partition coefficient (Wildman–Crippen LogP) is 1.78. The number of fused-ring (bicyclic) bond motifs is 1. The highest BCUT2D eigenvalue weighted by molar-refractivity contribution is 5.99. The average Bonchev–Trinajstić information content (AvgIpc) is 2.91. The fourth-order valence-corrected chi connectivity index (χ4v) is 3.72. The van der Waals surface area contributed by atoms with Crippen LogP contribution in [0.1, 0.15) is 49.7 Å². The molecule has 0 aliphatic heterocycles. The lowest BCUT2D eigenvalue weighted by Crippen LogP contribution is -2.42. The number of rotatable bonds is 9. The highest BCUT2D eigenvalue weighted by atomic mass is 19.4. The van der Waals surface area contributed by atoms with E-state index in [9.17, 15) is 37.1 Å². The van der Waals surface area contributed by atoms with Gasteiger partial charge >= 0.3 is 24.0 Å². The van der Waals surface area contributed by atoms with E-state index in [-0.39, 0.29) is 46.9 Å². The Labute approximate surface area is 241 Å². The number of nitrogens with two attached hydrogens (primary N) is 1. The molecule has 1 atom stereocenters. The van der Waals surface area contributed by atoms with E-state index >= 15 is 0 Å². The summed E-state index contributed by atoms with van der Waals surface area (Å²) in [4.78, 5) is 75.7. The summed E-state index contributed by atoms with van der Waals surface area (Å²) in [7, 11) is 1.10. The fourth-order valence-electron chi connectivity index (χ4n) is 3.72. The molecule has 3 aromatic rings. The van der Waals surface area contributed by atoms with E-state index in [4.69, 9.17) is 10.5 Å². The third-order valence-electron chi connectivity index (χ3n) is 5.58. The van der Waals surface area contributed by atoms with Crippen LogP contribution in [0.4, 0.5) is 24.8 Å². The number of nitrogen functional groups attached to an aromatic ring is 1. The number of aromatic amines is 1. The molecule has 2 heterocycles. The topological polar surface area (TPSA) is 200 Å². The highest BCUT2D eigenvalue weighted by Crippen LogP contribution is 2.26. The number of H-pyrrole nitrogens is 1. The molecule has 4 N–H and O–H groups in total. The summed E-state index contributed by atoms with van der Waals surface area (Å²) in [6, 6.07) is 3.19. The summed E-state index contributed by atoms with van der Waals surface area (Å²) in [5.41, 5.74) is 2.96. The molecule has 0 spiro atoms. The molecule has 0 saturated heterocycles. The summed E-state index contributed by atoms with van der Waals surface area (Å²) < 4.78 is 50.3. The Morgan fingerprint density at radius 1 is 1.09 bits per heavy atom. The van der Waals surface area contributed by atoms with E-state index in [0.717, 1.165) is 37.6 Å². The molecule has 0 saturated carbocycles. The first-order chi connectivity index (χ1) is 20.0. The first-order valence-corrected chi connectivity index (χ1v) is 12.6. The third kappa shape index (κ3) is 8.70. The maximum Gasteiger partial charge on any atom is 0.471 e. The van der Waals surface area contributed by atoms with Gasteiger partial charge in [-0.15, -0.1) is 0 Å². The maximum absolute atomic E-state index is 13.5. The quantitative estimate of drug-likeness (QED) is 0.300. The molecule has 0 bridgehead atoms. The Morgan fingerprint density at radius 3 is 2.33 bits per heavy atom. The van der Waals surface area contributed by atoms with Crippen LogP contribution in [0.25, 0.3) is 11.2 Å². The molecule has 17 heteroatoms. The number of methoxy groups -OCH3 is 1. The summed E-state index contributed by atoms with van der Waals surface area (Å²) >= 11 is 0. The molecule has 43 heavy (non-hydrogen) atoms. The number of aromatic nitrogens is 4. The Morgan fingerprint density at radius 2 is 1.74 bits per heavy atom. The fraction of sp³-hybridized carbons (Fsp3) is 0.385. The Kier molecular flexibility index (Phi) is 9.67. The zero-order valence-corrected chi connectivity index (χ0v) is 23.4. The number of carbonyl (C=O) groups is 4. The van der Waals surface area contributed by atoms with Crippen molar-refractivity contribution in [1.82, 2.24) is 25.3 Å². The van der Waals surface area contributed by atoms with E-state index in [1.165, 1.54) is 0 Å². The molecule has 3 rings (SSSR count). The van der Waals surface area contributed by atoms with Crippen LogP contribution in [0.3, 0.4) is 0 Å². The van der Waals surface area contributed by atoms with Crippen LogP contribution in [0.2, 0.25) is 0 Å². The zero-order valence-electron chi connectivity index (χ0n) is 23.4. The number of ether oxygens (including phenoxy) is 2. The number of esters is 2. The Bertz CT molecular complexity index is 1590. The van der Waals surface area contributed by atoms with Crippen molar-refractivity contribution in [2.24, 2.45) is 0 Å². The number of amides is 2. The molecule has 0 radical (unpaired) electrons. The summed E-state index contributed by atoms with van der Waals surface area (Å²) in [6.07, 6.45) is -4.60. The van der Waals surface area contributed by atoms with Gasteiger partial charge in [-0.05, 0) is 51.5 Å². The van der Waals surface area contributed by atoms with E-state index in [1.54, 1.807) is 20.8 Å². The van der Waals surface area contributed by atoms with Crippen molar-refractivity contribution in [3.63, 3.8) is 0 Å². The first kappa shape index (κ1) is 32.4. The van der Waals surface area contributed by atoms with E-state index in [1.807, 2.05) is 0 Å². The number of nitrogens with one attached hydrogen (secondary N) is 2. The monoisotopic (exact) mass is 607 g/mol. The molecule has 14 nitrogen and oxygen atoms in total. The summed E-state index contributed by atoms with van der Waals surface area (Å²) in [5, 5.41) is 2.42. The minimum Gasteiger partial charge on any atom is -0.467 e. The number of benzene rings is 1. The number of carbonyl (C=O) groups excluding carboxylic acids is 4. The lowest BCUT2D eigenvalue weighted by molar-refractivity contribution is -0.170. The number of anilines is 2. The van der Waals surface area contributed by atoms with Gasteiger partial charge in [-0.2, -0.15) is 18.2 Å². The van der Waals surface area contributed by atoms with Gasteiger partial charge in [-0.25, -0.2) is 14.8 Å². The molecule has 0 aliphatic carbocycles. The lowest BCUT2D eigenvalue weighted by atomic mass is 10.1. The van der Waals surface area contributed by atoms with Crippen LogP contribution in [0, 0.1) is 0 Å². The van der Waals surface area contributed by atoms with Crippen LogP contribution in [-0.4, -0.2) is 68.6 Å². The molecular weight excluding hydrogens is 579 g/mol. The SMILES string of the molecule is COC(=O)[C@H](CCC(=O)OC(C)(C)C)NC(=O)c1ccc(N(Cc2cnc3nc(N)[nH]c(=O)c3n2)C(=O)C(F)(F)F)cc1. The van der Waals surface area contributed by atoms with Gasteiger partial charge < -0.3 is 20.5 Å². The van der Waals surface area contributed by atoms with Crippen LogP contribution in [0.5, 0.6) is 0 Å². The number of hydrogen-bond donors (Lipinski definition) is 3. The van der Waals surface area contributed by atoms with E-state index in [0.29, 0.717) is 4.90 Å². The van der Waals surface area contributed by atoms with Gasteiger partial charge in [0.25, 0.3) is 11.5 Å². The lowest BCUT2D eigenvalue weighted by Gasteiger charge is -2.24. The summed E-state index contributed by atoms with van der Waals surface area (Å²) in [6.45, 7) is 4.26. The van der Waals surface area contributed by atoms with Gasteiger partial charge in [0.1, 0.15) is 11.6 Å². The molecule has 1 aromatic carbocycles. The van der Waals surface area contributed by atoms with Crippen molar-refractivity contribution in [2.45, 2.75) is 58.0 Å². The number of alkyl halides is 3. The highest BCUT2D eigenvalue weighted by Gasteiger charge is 2.43. The Hall–Kier alpha value is -5.09. The van der Waals surface area contributed by atoms with Crippen LogP contribution < -0.4 is 21.5 Å². The minimum absolute atomic E-state index is 0.0741. The average molecular weight is 608 g/mol. The minimum atomic E-state index is -5.28. The molecule has 0 fully saturated rings. The van der Waals surface area contributed by atoms with Crippen molar-refractivity contribution >= 4 is 46.6 Å². The normalized spacial score (nSPS) is 12.3. The molecule has 0 unspecified atom stereocenters. The van der Waals surface area contributed by atoms with Gasteiger partial charge in [0.2, 0.25) is 5.95 Å². The van der Waals surface area contributed by atoms with Crippen molar-refractivity contribution in [3.05, 3.63) is 52.1 Å². The molecule has 2 aromatic heterocycles. The van der Waals surface area contributed by atoms with Crippen LogP contribution >= 0.6 is 0 Å². The number of nitrogens with zero attached hydrogens (tertiary/aromatic N) is 4. The van der Waals surface area contributed by atoms with Gasteiger partial charge in [0, 0.05) is 17.7 Å². The van der Waals surface area contributed by atoms with E-state index in [2.05, 4.69) is 30.0 Å². The second kappa shape index (κ2) is 12.8. The second-order valence-corrected chi connectivity index (χ2v) is 10.1. The third-order valence-corrected chi connectivity index (χ3v) is 5.58. The molecule has 2 amide bonds. The van der Waals surface area contributed by atoms with Gasteiger partial charge in [0.15, 0.2) is 11.2 Å². The van der Waals surface area contributed by atoms with Gasteiger partial charge in [-0.1, -0.05) is 0 Å². The Balaban J connectivity index is 1.82. The van der Waals surface area contributed by atoms with Crippen molar-refractivity contribution in [3.8, 4) is 0 Å². The van der Waals surface area contributed by atoms with E-state index < -0.39 is 53.7 Å². The smallest absolute Gasteiger partial charge is 0.467 e. The van der Waals surface area contributed by atoms with Crippen molar-refractivity contribution in [1.29, 1.82) is 0 Å². The molecule has 0 aliphatic rings. The standard InChI is InChI=1S/C26H28F3N7O7/c1-25(2,3)43-17(37)10-9-16(22(40)42-4)33-20(38)13-5-7-15(8-6-13)36(23(41)26(27,28)29)12-14-11-31-19-18(32-14)21(39)35-24(30)34-19/h5-8,11,16H,9-10,12H2,1-4H3,(H,33,38)(H3,30,31,34,35,39)/t16-/m0/s1. The van der Waals surface area contributed by atoms with Crippen LogP contribution in [-0.2, 0) is 30.4 Å². The van der Waals surface area contributed by atoms with Gasteiger partial charge in [0.05, 0.1) is 25.5 Å². The largest absolute Gasteiger partial charge is 0.471 e. The van der Waals surface area contributed by atoms with Crippen molar-refractivity contribution < 1.29 is 41.8 Å². The van der Waals surface area contributed by atoms with Crippen LogP contribution in [0.15, 0.2) is 35.3 Å². The maximum atomic E-state index is 13.5. The molecule has 230 valence electrons. The van der Waals surface area contributed by atoms with Gasteiger partial charge in [-0.3, -0.25) is 29.1 Å². The first-order valence-electron chi connectivity index (χ1n) is 12.6. The summed E-state index contributed by atoms with van der Waals surface area (Å²) in [5.74, 6) is -4.72. The van der Waals surface area contributed by atoms with Crippen molar-refractivity contribution in [2.75, 3.05) is 17.7 Å². The molecular formula is C26H28F3N7O7. The second-order valence-electron chi connectivity index (χ2n) is 10.1. The number of halogens is 3.